The molecule has 0 radical (unpaired) electrons. The molecule has 0 saturated heterocycles. The lowest BCUT2D eigenvalue weighted by Crippen LogP contribution is -2.15. The molecule has 0 amide bonds. The molecule has 1 nitrogen and oxygen atoms in total. The van der Waals surface area contributed by atoms with Gasteiger partial charge in [0.2, 0.25) is 0 Å². The van der Waals surface area contributed by atoms with Crippen LogP contribution in [0, 0.1) is 11.8 Å². The van der Waals surface area contributed by atoms with Crippen molar-refractivity contribution in [2.24, 2.45) is 17.6 Å². The molecule has 0 aliphatic heterocycles. The molecular weight excluding hydrogens is 134 g/mol. The van der Waals surface area contributed by atoms with Crippen LogP contribution in [-0.4, -0.2) is 0 Å². The molecule has 0 aliphatic carbocycles. The van der Waals surface area contributed by atoms with Gasteiger partial charge in [0.1, 0.15) is 0 Å². The van der Waals surface area contributed by atoms with Gasteiger partial charge < -0.3 is 5.73 Å². The van der Waals surface area contributed by atoms with Crippen molar-refractivity contribution in [3.05, 3.63) is 12.3 Å². The normalized spacial score (nSPS) is 11.8. The van der Waals surface area contributed by atoms with E-state index in [2.05, 4.69) is 27.4 Å². The summed E-state index contributed by atoms with van der Waals surface area (Å²) in [7, 11) is 0. The lowest BCUT2D eigenvalue weighted by atomic mass is 9.91. The van der Waals surface area contributed by atoms with Gasteiger partial charge in [-0.15, -0.1) is 0 Å². The number of nitrogens with two attached hydrogens (primary N) is 1. The van der Waals surface area contributed by atoms with E-state index < -0.39 is 0 Å². The standard InChI is InChI=1S/C8H17N.C2H6/c1-5-8(6(2)3)7(4)9;1-2/h6,8H,4-5,9H2,1-3H3;1-2H3. The van der Waals surface area contributed by atoms with Crippen LogP contribution in [0.15, 0.2) is 12.3 Å². The van der Waals surface area contributed by atoms with Gasteiger partial charge in [-0.1, -0.05) is 41.2 Å². The topological polar surface area (TPSA) is 26.0 Å². The van der Waals surface area contributed by atoms with Crippen LogP contribution in [-0.2, 0) is 0 Å². The Kier molecular flexibility index (Phi) is 9.14. The molecule has 0 aromatic heterocycles. The van der Waals surface area contributed by atoms with E-state index in [4.69, 9.17) is 5.73 Å². The lowest BCUT2D eigenvalue weighted by Gasteiger charge is -2.17. The van der Waals surface area contributed by atoms with Gasteiger partial charge in [0.05, 0.1) is 0 Å². The van der Waals surface area contributed by atoms with E-state index in [9.17, 15) is 0 Å². The summed E-state index contributed by atoms with van der Waals surface area (Å²) in [6.07, 6.45) is 1.10. The van der Waals surface area contributed by atoms with E-state index >= 15 is 0 Å². The molecule has 0 spiro atoms. The summed E-state index contributed by atoms with van der Waals surface area (Å²) in [6.45, 7) is 14.2. The molecule has 2 N–H and O–H groups in total. The predicted molar refractivity (Wildman–Crippen MR) is 53.3 cm³/mol. The molecule has 0 saturated carbocycles. The maximum atomic E-state index is 5.55. The van der Waals surface area contributed by atoms with E-state index in [1.54, 1.807) is 0 Å². The van der Waals surface area contributed by atoms with Crippen LogP contribution in [0.1, 0.15) is 41.0 Å². The van der Waals surface area contributed by atoms with Crippen molar-refractivity contribution in [2.45, 2.75) is 41.0 Å². The zero-order valence-electron chi connectivity index (χ0n) is 8.65. The highest BCUT2D eigenvalue weighted by molar-refractivity contribution is 4.94. The fourth-order valence-corrected chi connectivity index (χ4v) is 1.16. The van der Waals surface area contributed by atoms with Gasteiger partial charge in [0.15, 0.2) is 0 Å². The molecule has 1 unspecified atom stereocenters. The highest BCUT2D eigenvalue weighted by Crippen LogP contribution is 2.18. The van der Waals surface area contributed by atoms with Crippen LogP contribution < -0.4 is 5.73 Å². The third kappa shape index (κ3) is 5.96. The van der Waals surface area contributed by atoms with Crippen molar-refractivity contribution in [1.29, 1.82) is 0 Å². The molecule has 0 rings (SSSR count). The van der Waals surface area contributed by atoms with Crippen molar-refractivity contribution in [3.8, 4) is 0 Å². The van der Waals surface area contributed by atoms with E-state index in [0.29, 0.717) is 11.8 Å². The minimum Gasteiger partial charge on any atom is -0.402 e. The average molecular weight is 157 g/mol. The highest BCUT2D eigenvalue weighted by atomic mass is 14.6. The molecule has 11 heavy (non-hydrogen) atoms. The van der Waals surface area contributed by atoms with E-state index in [0.717, 1.165) is 12.1 Å². The summed E-state index contributed by atoms with van der Waals surface area (Å²) in [5.41, 5.74) is 6.38. The van der Waals surface area contributed by atoms with Crippen LogP contribution in [0.5, 0.6) is 0 Å². The summed E-state index contributed by atoms with van der Waals surface area (Å²) in [5.74, 6) is 1.14. The zero-order chi connectivity index (χ0) is 9.44. The summed E-state index contributed by atoms with van der Waals surface area (Å²) < 4.78 is 0. The minimum absolute atomic E-state index is 0.505. The van der Waals surface area contributed by atoms with E-state index in [1.807, 2.05) is 13.8 Å². The third-order valence-corrected chi connectivity index (χ3v) is 1.72. The molecule has 1 heteroatoms. The first-order chi connectivity index (χ1) is 5.09. The summed E-state index contributed by atoms with van der Waals surface area (Å²) in [4.78, 5) is 0. The number of rotatable bonds is 3. The van der Waals surface area contributed by atoms with Crippen LogP contribution in [0.2, 0.25) is 0 Å². The average Bonchev–Trinajstić information content (AvgIpc) is 1.91. The number of allylic oxidation sites excluding steroid dienone is 1. The van der Waals surface area contributed by atoms with Crippen LogP contribution in [0.25, 0.3) is 0 Å². The van der Waals surface area contributed by atoms with Crippen molar-refractivity contribution >= 4 is 0 Å². The second-order valence-corrected chi connectivity index (χ2v) is 2.83. The quantitative estimate of drug-likeness (QED) is 0.669. The van der Waals surface area contributed by atoms with Crippen molar-refractivity contribution < 1.29 is 0 Å². The van der Waals surface area contributed by atoms with Crippen LogP contribution >= 0.6 is 0 Å². The Bertz CT molecular complexity index is 95.0. The molecule has 0 bridgehead atoms. The molecule has 0 aromatic carbocycles. The maximum Gasteiger partial charge on any atom is 0.00414 e. The Hall–Kier alpha value is -0.460. The van der Waals surface area contributed by atoms with Crippen molar-refractivity contribution in [2.75, 3.05) is 0 Å². The first-order valence-corrected chi connectivity index (χ1v) is 4.53. The Labute approximate surface area is 71.7 Å². The van der Waals surface area contributed by atoms with Crippen LogP contribution in [0.4, 0.5) is 0 Å². The molecule has 0 aromatic rings. The van der Waals surface area contributed by atoms with Gasteiger partial charge in [0.25, 0.3) is 0 Å². The zero-order valence-corrected chi connectivity index (χ0v) is 8.65. The fourth-order valence-electron chi connectivity index (χ4n) is 1.16. The summed E-state index contributed by atoms with van der Waals surface area (Å²) in [5, 5.41) is 0. The molecule has 0 aliphatic rings. The second-order valence-electron chi connectivity index (χ2n) is 2.83. The largest absolute Gasteiger partial charge is 0.402 e. The molecule has 68 valence electrons. The Morgan fingerprint density at radius 1 is 1.36 bits per heavy atom. The van der Waals surface area contributed by atoms with Gasteiger partial charge in [0, 0.05) is 5.70 Å². The molecule has 1 atom stereocenters. The molecule has 0 heterocycles. The summed E-state index contributed by atoms with van der Waals surface area (Å²) in [6, 6.07) is 0. The fraction of sp³-hybridized carbons (Fsp3) is 0.800. The Balaban J connectivity index is 0. The van der Waals surface area contributed by atoms with Gasteiger partial charge in [-0.25, -0.2) is 0 Å². The van der Waals surface area contributed by atoms with Crippen molar-refractivity contribution in [3.63, 3.8) is 0 Å². The van der Waals surface area contributed by atoms with Crippen molar-refractivity contribution in [1.82, 2.24) is 0 Å². The minimum atomic E-state index is 0.505. The van der Waals surface area contributed by atoms with Gasteiger partial charge >= 0.3 is 0 Å². The smallest absolute Gasteiger partial charge is 0.00414 e. The van der Waals surface area contributed by atoms with Gasteiger partial charge in [-0.05, 0) is 18.3 Å². The SMILES string of the molecule is C=C(N)C(CC)C(C)C.CC. The first kappa shape index (κ1) is 13.2. The molecular formula is C10H23N. The van der Waals surface area contributed by atoms with E-state index in [1.165, 1.54) is 0 Å². The number of hydrogen-bond acceptors (Lipinski definition) is 1. The third-order valence-electron chi connectivity index (χ3n) is 1.72. The first-order valence-electron chi connectivity index (χ1n) is 4.53. The van der Waals surface area contributed by atoms with Gasteiger partial charge in [-0.2, -0.15) is 0 Å². The Morgan fingerprint density at radius 2 is 1.73 bits per heavy atom. The lowest BCUT2D eigenvalue weighted by molar-refractivity contribution is 0.428. The predicted octanol–water partition coefficient (Wildman–Crippen LogP) is 3.17. The maximum absolute atomic E-state index is 5.55. The van der Waals surface area contributed by atoms with E-state index in [-0.39, 0.29) is 0 Å². The summed E-state index contributed by atoms with van der Waals surface area (Å²) >= 11 is 0. The monoisotopic (exact) mass is 157 g/mol. The number of hydrogen-bond donors (Lipinski definition) is 1. The Morgan fingerprint density at radius 3 is 1.73 bits per heavy atom. The van der Waals surface area contributed by atoms with Gasteiger partial charge in [-0.3, -0.25) is 0 Å². The highest BCUT2D eigenvalue weighted by Gasteiger charge is 2.10. The molecule has 0 fully saturated rings. The van der Waals surface area contributed by atoms with Crippen LogP contribution in [0.3, 0.4) is 0 Å². The second kappa shape index (κ2) is 7.64.